The van der Waals surface area contributed by atoms with Crippen molar-refractivity contribution in [2.45, 2.75) is 31.3 Å². The second-order valence-electron chi connectivity index (χ2n) is 8.33. The molecule has 0 unspecified atom stereocenters. The molecule has 10 nitrogen and oxygen atoms in total. The summed E-state index contributed by atoms with van der Waals surface area (Å²) in [5, 5.41) is 5.32. The number of amides is 2. The summed E-state index contributed by atoms with van der Waals surface area (Å²) in [5.74, 6) is 0.177. The number of benzene rings is 2. The van der Waals surface area contributed by atoms with Gasteiger partial charge in [0.05, 0.1) is 19.3 Å². The van der Waals surface area contributed by atoms with Crippen LogP contribution in [0.4, 0.5) is 16.2 Å². The normalized spacial score (nSPS) is 14.0. The Bertz CT molecular complexity index is 1220. The number of nitrogens with zero attached hydrogens (tertiary/aromatic N) is 2. The monoisotopic (exact) mass is 474 g/mol. The fourth-order valence-electron chi connectivity index (χ4n) is 3.15. The molecule has 1 aliphatic rings. The van der Waals surface area contributed by atoms with Gasteiger partial charge in [0, 0.05) is 18.3 Å². The van der Waals surface area contributed by atoms with Crippen molar-refractivity contribution in [3.05, 3.63) is 48.0 Å². The van der Waals surface area contributed by atoms with Crippen LogP contribution in [-0.4, -0.2) is 57.5 Å². The van der Waals surface area contributed by atoms with Crippen LogP contribution >= 0.6 is 0 Å². The minimum absolute atomic E-state index is 0.111. The van der Waals surface area contributed by atoms with Crippen LogP contribution in [0.3, 0.4) is 0 Å². The molecule has 0 fully saturated rings. The first-order chi connectivity index (χ1) is 15.4. The smallest absolute Gasteiger partial charge is 0.412 e. The molecular weight excluding hydrogens is 448 g/mol. The molecule has 1 heterocycles. The Morgan fingerprint density at radius 2 is 1.79 bits per heavy atom. The molecule has 0 radical (unpaired) electrons. The highest BCUT2D eigenvalue weighted by Crippen LogP contribution is 2.29. The molecule has 2 amide bonds. The lowest BCUT2D eigenvalue weighted by Crippen LogP contribution is -2.34. The number of amidine groups is 1. The van der Waals surface area contributed by atoms with Gasteiger partial charge < -0.3 is 19.7 Å². The first-order valence-electron chi connectivity index (χ1n) is 10.0. The summed E-state index contributed by atoms with van der Waals surface area (Å²) < 4.78 is 38.8. The average molecular weight is 475 g/mol. The van der Waals surface area contributed by atoms with Gasteiger partial charge in [-0.15, -0.1) is 4.40 Å². The maximum atomic E-state index is 12.6. The molecule has 3 rings (SSSR count). The van der Waals surface area contributed by atoms with E-state index >= 15 is 0 Å². The Kier molecular flexibility index (Phi) is 6.63. The molecule has 2 aromatic carbocycles. The van der Waals surface area contributed by atoms with Crippen LogP contribution in [-0.2, 0) is 19.6 Å². The van der Waals surface area contributed by atoms with Crippen LogP contribution in [0.15, 0.2) is 51.8 Å². The largest absolute Gasteiger partial charge is 0.495 e. The van der Waals surface area contributed by atoms with Crippen molar-refractivity contribution in [3.63, 3.8) is 0 Å². The fourth-order valence-corrected chi connectivity index (χ4v) is 4.40. The van der Waals surface area contributed by atoms with Gasteiger partial charge in [-0.2, -0.15) is 8.42 Å². The first-order valence-corrected chi connectivity index (χ1v) is 11.5. The molecule has 0 aliphatic carbocycles. The van der Waals surface area contributed by atoms with Gasteiger partial charge in [-0.1, -0.05) is 12.1 Å². The SMILES string of the molecule is COc1ccc(NC(=O)CN(C)C2=NS(=O)(=O)c3ccccc32)cc1NC(=O)OC(C)(C)C. The van der Waals surface area contributed by atoms with E-state index in [9.17, 15) is 18.0 Å². The molecule has 11 heteroatoms. The summed E-state index contributed by atoms with van der Waals surface area (Å²) in [6.07, 6.45) is -0.664. The zero-order valence-corrected chi connectivity index (χ0v) is 19.8. The third-order valence-electron chi connectivity index (χ3n) is 4.47. The Hall–Kier alpha value is -3.60. The maximum absolute atomic E-state index is 12.6. The molecule has 0 bridgehead atoms. The van der Waals surface area contributed by atoms with E-state index in [1.165, 1.54) is 24.1 Å². The highest BCUT2D eigenvalue weighted by molar-refractivity contribution is 7.90. The maximum Gasteiger partial charge on any atom is 0.412 e. The number of methoxy groups -OCH3 is 1. The molecule has 1 aliphatic heterocycles. The number of likely N-dealkylation sites (N-methyl/N-ethyl adjacent to an activating group) is 1. The van der Waals surface area contributed by atoms with Gasteiger partial charge in [-0.05, 0) is 51.1 Å². The Morgan fingerprint density at radius 1 is 1.09 bits per heavy atom. The third kappa shape index (κ3) is 5.80. The van der Waals surface area contributed by atoms with Crippen molar-refractivity contribution in [1.82, 2.24) is 4.90 Å². The number of sulfonamides is 1. The molecule has 33 heavy (non-hydrogen) atoms. The van der Waals surface area contributed by atoms with Gasteiger partial charge in [0.1, 0.15) is 16.2 Å². The van der Waals surface area contributed by atoms with Crippen LogP contribution in [0.5, 0.6) is 5.75 Å². The average Bonchev–Trinajstić information content (AvgIpc) is 2.98. The minimum atomic E-state index is -3.78. The number of carbonyl (C=O) groups is 2. The second-order valence-corrected chi connectivity index (χ2v) is 9.90. The highest BCUT2D eigenvalue weighted by Gasteiger charge is 2.31. The standard InChI is InChI=1S/C22H26N4O6S/c1-22(2,3)32-21(28)24-16-12-14(10-11-17(16)31-5)23-19(27)13-26(4)20-15-8-6-7-9-18(15)33(29,30)25-20/h6-12H,13H2,1-5H3,(H,23,27)(H,24,28). The highest BCUT2D eigenvalue weighted by atomic mass is 32.2. The van der Waals surface area contributed by atoms with E-state index < -0.39 is 27.6 Å². The summed E-state index contributed by atoms with van der Waals surface area (Å²) in [7, 11) is -0.746. The number of rotatable bonds is 5. The summed E-state index contributed by atoms with van der Waals surface area (Å²) in [5.41, 5.74) is 0.490. The lowest BCUT2D eigenvalue weighted by atomic mass is 10.2. The van der Waals surface area contributed by atoms with Gasteiger partial charge >= 0.3 is 6.09 Å². The molecule has 2 N–H and O–H groups in total. The number of nitrogens with one attached hydrogen (secondary N) is 2. The Balaban J connectivity index is 1.71. The van der Waals surface area contributed by atoms with Crippen LogP contribution < -0.4 is 15.4 Å². The van der Waals surface area contributed by atoms with E-state index in [-0.39, 0.29) is 17.3 Å². The minimum Gasteiger partial charge on any atom is -0.495 e. The predicted octanol–water partition coefficient (Wildman–Crippen LogP) is 3.06. The van der Waals surface area contributed by atoms with Crippen LogP contribution in [0.1, 0.15) is 26.3 Å². The topological polar surface area (TPSA) is 126 Å². The van der Waals surface area contributed by atoms with Crippen LogP contribution in [0, 0.1) is 0 Å². The van der Waals surface area contributed by atoms with Gasteiger partial charge in [0.2, 0.25) is 5.91 Å². The molecule has 176 valence electrons. The van der Waals surface area contributed by atoms with E-state index in [1.807, 2.05) is 0 Å². The second kappa shape index (κ2) is 9.10. The molecular formula is C22H26N4O6S. The molecule has 0 saturated carbocycles. The lowest BCUT2D eigenvalue weighted by molar-refractivity contribution is -0.116. The van der Waals surface area contributed by atoms with E-state index in [0.717, 1.165) is 0 Å². The van der Waals surface area contributed by atoms with Gasteiger partial charge in [-0.3, -0.25) is 10.1 Å². The number of ether oxygens (including phenoxy) is 2. The lowest BCUT2D eigenvalue weighted by Gasteiger charge is -2.21. The zero-order valence-electron chi connectivity index (χ0n) is 19.0. The molecule has 0 atom stereocenters. The molecule has 0 saturated heterocycles. The number of anilines is 2. The third-order valence-corrected chi connectivity index (χ3v) is 5.80. The first kappa shape index (κ1) is 24.1. The summed E-state index contributed by atoms with van der Waals surface area (Å²) in [4.78, 5) is 26.3. The van der Waals surface area contributed by atoms with Crippen molar-refractivity contribution in [3.8, 4) is 5.75 Å². The molecule has 0 spiro atoms. The van der Waals surface area contributed by atoms with Gasteiger partial charge in [0.25, 0.3) is 10.0 Å². The molecule has 2 aromatic rings. The Labute approximate surface area is 192 Å². The number of hydrogen-bond acceptors (Lipinski definition) is 7. The predicted molar refractivity (Wildman–Crippen MR) is 124 cm³/mol. The van der Waals surface area contributed by atoms with E-state index in [4.69, 9.17) is 9.47 Å². The van der Waals surface area contributed by atoms with Crippen molar-refractivity contribution in [1.29, 1.82) is 0 Å². The van der Waals surface area contributed by atoms with Crippen molar-refractivity contribution in [2.75, 3.05) is 31.3 Å². The number of hydrogen-bond donors (Lipinski definition) is 2. The molecule has 0 aromatic heterocycles. The van der Waals surface area contributed by atoms with E-state index in [0.29, 0.717) is 22.7 Å². The summed E-state index contributed by atoms with van der Waals surface area (Å²) >= 11 is 0. The zero-order chi connectivity index (χ0) is 24.4. The summed E-state index contributed by atoms with van der Waals surface area (Å²) in [6, 6.07) is 11.2. The van der Waals surface area contributed by atoms with Crippen molar-refractivity contribution < 1.29 is 27.5 Å². The number of carbonyl (C=O) groups excluding carboxylic acids is 2. The quantitative estimate of drug-likeness (QED) is 0.682. The van der Waals surface area contributed by atoms with Gasteiger partial charge in [0.15, 0.2) is 5.84 Å². The number of fused-ring (bicyclic) bond motifs is 1. The summed E-state index contributed by atoms with van der Waals surface area (Å²) in [6.45, 7) is 5.09. The fraction of sp³-hybridized carbons (Fsp3) is 0.318. The van der Waals surface area contributed by atoms with Crippen molar-refractivity contribution >= 4 is 39.2 Å². The van der Waals surface area contributed by atoms with E-state index in [1.54, 1.807) is 58.2 Å². The van der Waals surface area contributed by atoms with E-state index in [2.05, 4.69) is 15.0 Å². The van der Waals surface area contributed by atoms with Crippen molar-refractivity contribution in [2.24, 2.45) is 4.40 Å². The van der Waals surface area contributed by atoms with Crippen LogP contribution in [0.25, 0.3) is 0 Å². The van der Waals surface area contributed by atoms with Crippen LogP contribution in [0.2, 0.25) is 0 Å². The van der Waals surface area contributed by atoms with Gasteiger partial charge in [-0.25, -0.2) is 4.79 Å². The Morgan fingerprint density at radius 3 is 2.45 bits per heavy atom.